The summed E-state index contributed by atoms with van der Waals surface area (Å²) < 4.78 is 5.66. The summed E-state index contributed by atoms with van der Waals surface area (Å²) in [5, 5.41) is 0.609. The third kappa shape index (κ3) is 4.14. The summed E-state index contributed by atoms with van der Waals surface area (Å²) in [6.07, 6.45) is 0.214. The number of hydrogen-bond acceptors (Lipinski definition) is 3. The van der Waals surface area contributed by atoms with E-state index in [2.05, 4.69) is 0 Å². The molecule has 1 amide bonds. The van der Waals surface area contributed by atoms with Crippen molar-refractivity contribution in [1.29, 1.82) is 0 Å². The van der Waals surface area contributed by atoms with Gasteiger partial charge in [-0.25, -0.2) is 0 Å². The van der Waals surface area contributed by atoms with Gasteiger partial charge in [-0.1, -0.05) is 11.6 Å². The molecule has 1 fully saturated rings. The summed E-state index contributed by atoms with van der Waals surface area (Å²) in [6.45, 7) is 7.32. The molecule has 0 saturated carbocycles. The summed E-state index contributed by atoms with van der Waals surface area (Å²) >= 11 is 7.43. The molecule has 1 saturated heterocycles. The van der Waals surface area contributed by atoms with Crippen LogP contribution in [-0.2, 0) is 9.53 Å². The fourth-order valence-electron chi connectivity index (χ4n) is 2.38. The van der Waals surface area contributed by atoms with Crippen LogP contribution in [0.2, 0.25) is 5.02 Å². The Morgan fingerprint density at radius 3 is 2.40 bits per heavy atom. The molecule has 1 aliphatic heterocycles. The van der Waals surface area contributed by atoms with Crippen molar-refractivity contribution in [1.82, 2.24) is 4.90 Å². The number of hydrogen-bond donors (Lipinski definition) is 0. The quantitative estimate of drug-likeness (QED) is 0.800. The Labute approximate surface area is 129 Å². The zero-order valence-electron chi connectivity index (χ0n) is 12.0. The second-order valence-corrected chi connectivity index (χ2v) is 7.07. The number of nitrogens with zero attached hydrogens (tertiary/aromatic N) is 1. The smallest absolute Gasteiger partial charge is 0.235 e. The van der Waals surface area contributed by atoms with Gasteiger partial charge in [-0.05, 0) is 45.0 Å². The van der Waals surface area contributed by atoms with E-state index in [9.17, 15) is 4.79 Å². The number of ether oxygens (including phenoxy) is 1. The number of morpholine rings is 1. The number of carbonyl (C=O) groups excluding carboxylic acids is 1. The highest BCUT2D eigenvalue weighted by atomic mass is 35.5. The van der Waals surface area contributed by atoms with Crippen molar-refractivity contribution in [3.05, 3.63) is 29.3 Å². The molecule has 3 nitrogen and oxygen atoms in total. The van der Waals surface area contributed by atoms with Crippen molar-refractivity contribution >= 4 is 29.3 Å². The van der Waals surface area contributed by atoms with E-state index in [4.69, 9.17) is 16.3 Å². The lowest BCUT2D eigenvalue weighted by Gasteiger charge is -2.36. The predicted octanol–water partition coefficient (Wildman–Crippen LogP) is 3.46. The maximum atomic E-state index is 12.5. The highest BCUT2D eigenvalue weighted by molar-refractivity contribution is 8.00. The van der Waals surface area contributed by atoms with Gasteiger partial charge in [0.15, 0.2) is 0 Å². The van der Waals surface area contributed by atoms with Gasteiger partial charge in [0.25, 0.3) is 0 Å². The largest absolute Gasteiger partial charge is 0.372 e. The van der Waals surface area contributed by atoms with E-state index in [0.717, 1.165) is 4.90 Å². The molecule has 0 spiro atoms. The van der Waals surface area contributed by atoms with Crippen molar-refractivity contribution < 1.29 is 9.53 Å². The molecule has 1 aliphatic rings. The highest BCUT2D eigenvalue weighted by Gasteiger charge is 2.28. The van der Waals surface area contributed by atoms with E-state index in [0.29, 0.717) is 18.1 Å². The Morgan fingerprint density at radius 1 is 1.30 bits per heavy atom. The van der Waals surface area contributed by atoms with E-state index in [1.165, 1.54) is 0 Å². The van der Waals surface area contributed by atoms with Gasteiger partial charge in [-0.2, -0.15) is 0 Å². The number of thioether (sulfide) groups is 1. The highest BCUT2D eigenvalue weighted by Crippen LogP contribution is 2.26. The average Bonchev–Trinajstić information content (AvgIpc) is 2.39. The van der Waals surface area contributed by atoms with Crippen molar-refractivity contribution in [3.8, 4) is 0 Å². The van der Waals surface area contributed by atoms with Crippen molar-refractivity contribution in [2.75, 3.05) is 13.1 Å². The van der Waals surface area contributed by atoms with Crippen LogP contribution in [0.15, 0.2) is 29.2 Å². The first-order valence-corrected chi connectivity index (χ1v) is 8.08. The Balaban J connectivity index is 1.96. The first kappa shape index (κ1) is 15.7. The molecule has 2 rings (SSSR count). The van der Waals surface area contributed by atoms with E-state index >= 15 is 0 Å². The minimum absolute atomic E-state index is 0.103. The second-order valence-electron chi connectivity index (χ2n) is 5.21. The Morgan fingerprint density at radius 2 is 1.85 bits per heavy atom. The maximum Gasteiger partial charge on any atom is 0.235 e. The topological polar surface area (TPSA) is 29.5 Å². The van der Waals surface area contributed by atoms with Crippen molar-refractivity contribution in [2.24, 2.45) is 0 Å². The third-order valence-electron chi connectivity index (χ3n) is 3.21. The molecule has 1 heterocycles. The molecule has 3 atom stereocenters. The van der Waals surface area contributed by atoms with Gasteiger partial charge in [0.2, 0.25) is 5.91 Å². The van der Waals surface area contributed by atoms with Crippen LogP contribution in [0, 0.1) is 0 Å². The van der Waals surface area contributed by atoms with Crippen LogP contribution in [0.25, 0.3) is 0 Å². The SMILES string of the molecule is C[C@@H]1CN(C(=O)[C@H](C)Sc2ccc(Cl)cc2)C[C@H](C)O1. The number of rotatable bonds is 3. The molecule has 5 heteroatoms. The lowest BCUT2D eigenvalue weighted by atomic mass is 10.2. The van der Waals surface area contributed by atoms with Gasteiger partial charge in [-0.3, -0.25) is 4.79 Å². The normalized spacial score (nSPS) is 24.5. The molecule has 0 aliphatic carbocycles. The van der Waals surface area contributed by atoms with Crippen LogP contribution in [0.4, 0.5) is 0 Å². The molecule has 0 radical (unpaired) electrons. The summed E-state index contributed by atoms with van der Waals surface area (Å²) in [5.74, 6) is 0.173. The minimum Gasteiger partial charge on any atom is -0.372 e. The zero-order chi connectivity index (χ0) is 14.7. The predicted molar refractivity (Wildman–Crippen MR) is 83.4 cm³/mol. The maximum absolute atomic E-state index is 12.5. The van der Waals surface area contributed by atoms with Crippen molar-refractivity contribution in [2.45, 2.75) is 43.1 Å². The van der Waals surface area contributed by atoms with Gasteiger partial charge in [0.05, 0.1) is 17.5 Å². The van der Waals surface area contributed by atoms with E-state index in [1.807, 2.05) is 49.9 Å². The lowest BCUT2D eigenvalue weighted by molar-refractivity contribution is -0.142. The lowest BCUT2D eigenvalue weighted by Crippen LogP contribution is -2.50. The summed E-state index contributed by atoms with van der Waals surface area (Å²) in [7, 11) is 0. The molecule has 1 aromatic rings. The minimum atomic E-state index is -0.103. The zero-order valence-corrected chi connectivity index (χ0v) is 13.6. The van der Waals surface area contributed by atoms with Crippen LogP contribution in [0.5, 0.6) is 0 Å². The number of carbonyl (C=O) groups is 1. The van der Waals surface area contributed by atoms with Gasteiger partial charge in [-0.15, -0.1) is 11.8 Å². The summed E-state index contributed by atoms with van der Waals surface area (Å²) in [6, 6.07) is 7.59. The molecule has 0 aromatic heterocycles. The number of amides is 1. The van der Waals surface area contributed by atoms with E-state index in [1.54, 1.807) is 11.8 Å². The molecule has 0 N–H and O–H groups in total. The molecule has 0 bridgehead atoms. The van der Waals surface area contributed by atoms with Crippen LogP contribution in [0.3, 0.4) is 0 Å². The molecule has 20 heavy (non-hydrogen) atoms. The van der Waals surface area contributed by atoms with Gasteiger partial charge >= 0.3 is 0 Å². The Kier molecular flexibility index (Phi) is 5.35. The summed E-state index contributed by atoms with van der Waals surface area (Å²) in [5.41, 5.74) is 0. The Bertz CT molecular complexity index is 455. The standard InChI is InChI=1S/C15H20ClNO2S/c1-10-8-17(9-11(2)19-10)15(18)12(3)20-14-6-4-13(16)5-7-14/h4-7,10-12H,8-9H2,1-3H3/t10-,11+,12-/m0/s1. The van der Waals surface area contributed by atoms with Crippen molar-refractivity contribution in [3.63, 3.8) is 0 Å². The van der Waals surface area contributed by atoms with Gasteiger partial charge in [0, 0.05) is 23.0 Å². The van der Waals surface area contributed by atoms with Crippen LogP contribution in [-0.4, -0.2) is 41.4 Å². The number of halogens is 1. The van der Waals surface area contributed by atoms with Crippen LogP contribution < -0.4 is 0 Å². The number of benzene rings is 1. The van der Waals surface area contributed by atoms with Crippen LogP contribution >= 0.6 is 23.4 Å². The molecule has 110 valence electrons. The van der Waals surface area contributed by atoms with Gasteiger partial charge in [0.1, 0.15) is 0 Å². The first-order valence-electron chi connectivity index (χ1n) is 6.82. The molecule has 0 unspecified atom stereocenters. The molecular formula is C15H20ClNO2S. The second kappa shape index (κ2) is 6.83. The molecule has 1 aromatic carbocycles. The fourth-order valence-corrected chi connectivity index (χ4v) is 3.46. The fraction of sp³-hybridized carbons (Fsp3) is 0.533. The van der Waals surface area contributed by atoms with Gasteiger partial charge < -0.3 is 9.64 Å². The Hall–Kier alpha value is -0.710. The molecular weight excluding hydrogens is 294 g/mol. The van der Waals surface area contributed by atoms with Crippen LogP contribution in [0.1, 0.15) is 20.8 Å². The average molecular weight is 314 g/mol. The summed E-state index contributed by atoms with van der Waals surface area (Å²) in [4.78, 5) is 15.5. The van der Waals surface area contributed by atoms with E-state index in [-0.39, 0.29) is 23.4 Å². The monoisotopic (exact) mass is 313 g/mol. The third-order valence-corrected chi connectivity index (χ3v) is 4.56. The van der Waals surface area contributed by atoms with E-state index < -0.39 is 0 Å². The first-order chi connectivity index (χ1) is 9.45.